The standard InChI is InChI=1S/C27H31N5O3/c33-25(31-10-8-23(9-11-31)22-4-2-1-3-5-22)7-6-21-18-24-20-32(27(34)29-26(24)28-19-21)13-12-30-14-16-35-17-15-30/h1-8,18-19H,9-17,20H2,(H,28,29,34). The molecule has 4 heterocycles. The molecule has 1 aromatic heterocycles. The molecule has 0 saturated carbocycles. The van der Waals surface area contributed by atoms with Gasteiger partial charge < -0.3 is 14.5 Å². The number of urea groups is 1. The molecule has 0 radical (unpaired) electrons. The number of carbonyl (C=O) groups excluding carboxylic acids is 2. The molecule has 8 nitrogen and oxygen atoms in total. The number of carbonyl (C=O) groups is 2. The normalized spacial score (nSPS) is 18.9. The molecule has 182 valence electrons. The van der Waals surface area contributed by atoms with Crippen molar-refractivity contribution in [2.75, 3.05) is 57.8 Å². The van der Waals surface area contributed by atoms with Crippen LogP contribution in [0.1, 0.15) is 23.1 Å². The molecule has 1 N–H and O–H groups in total. The van der Waals surface area contributed by atoms with E-state index in [0.29, 0.717) is 32.0 Å². The second kappa shape index (κ2) is 10.8. The number of pyridine rings is 1. The third kappa shape index (κ3) is 5.78. The van der Waals surface area contributed by atoms with Gasteiger partial charge in [0.2, 0.25) is 5.91 Å². The summed E-state index contributed by atoms with van der Waals surface area (Å²) in [5.74, 6) is 0.585. The first-order valence-corrected chi connectivity index (χ1v) is 12.2. The summed E-state index contributed by atoms with van der Waals surface area (Å²) < 4.78 is 5.39. The molecule has 8 heteroatoms. The van der Waals surface area contributed by atoms with E-state index in [0.717, 1.165) is 50.4 Å². The van der Waals surface area contributed by atoms with E-state index >= 15 is 0 Å². The molecular weight excluding hydrogens is 442 g/mol. The third-order valence-corrected chi connectivity index (χ3v) is 6.74. The fourth-order valence-electron chi connectivity index (χ4n) is 4.63. The summed E-state index contributed by atoms with van der Waals surface area (Å²) in [6.07, 6.45) is 8.10. The second-order valence-electron chi connectivity index (χ2n) is 9.05. The van der Waals surface area contributed by atoms with Gasteiger partial charge in [0.1, 0.15) is 5.82 Å². The predicted molar refractivity (Wildman–Crippen MR) is 136 cm³/mol. The molecule has 0 unspecified atom stereocenters. The number of ether oxygens (including phenoxy) is 1. The van der Waals surface area contributed by atoms with Crippen LogP contribution in [0.3, 0.4) is 0 Å². The van der Waals surface area contributed by atoms with E-state index < -0.39 is 0 Å². The van der Waals surface area contributed by atoms with Crippen molar-refractivity contribution >= 4 is 29.4 Å². The molecule has 1 saturated heterocycles. The molecule has 0 atom stereocenters. The molecule has 1 aromatic carbocycles. The van der Waals surface area contributed by atoms with Crippen molar-refractivity contribution in [3.8, 4) is 0 Å². The quantitative estimate of drug-likeness (QED) is 0.653. The smallest absolute Gasteiger partial charge is 0.323 e. The maximum atomic E-state index is 12.7. The Morgan fingerprint density at radius 1 is 1.11 bits per heavy atom. The van der Waals surface area contributed by atoms with E-state index in [4.69, 9.17) is 4.74 Å². The third-order valence-electron chi connectivity index (χ3n) is 6.74. The molecule has 5 rings (SSSR count). The predicted octanol–water partition coefficient (Wildman–Crippen LogP) is 3.09. The first kappa shape index (κ1) is 23.3. The maximum absolute atomic E-state index is 12.7. The van der Waals surface area contributed by atoms with Crippen molar-refractivity contribution in [2.45, 2.75) is 13.0 Å². The summed E-state index contributed by atoms with van der Waals surface area (Å²) in [5, 5.41) is 2.89. The van der Waals surface area contributed by atoms with Gasteiger partial charge in [0.25, 0.3) is 0 Å². The van der Waals surface area contributed by atoms with Crippen LogP contribution in [0, 0.1) is 0 Å². The zero-order valence-corrected chi connectivity index (χ0v) is 19.9. The lowest BCUT2D eigenvalue weighted by molar-refractivity contribution is -0.125. The van der Waals surface area contributed by atoms with Gasteiger partial charge in [-0.25, -0.2) is 9.78 Å². The van der Waals surface area contributed by atoms with Crippen LogP contribution in [0.2, 0.25) is 0 Å². The number of rotatable bonds is 6. The maximum Gasteiger partial charge on any atom is 0.323 e. The number of nitrogens with zero attached hydrogens (tertiary/aromatic N) is 4. The molecule has 0 spiro atoms. The lowest BCUT2D eigenvalue weighted by Crippen LogP contribution is -2.45. The first-order valence-electron chi connectivity index (χ1n) is 12.2. The Morgan fingerprint density at radius 2 is 1.94 bits per heavy atom. The SMILES string of the molecule is O=C(C=Cc1cnc2c(c1)CN(CCN1CCOCC1)C(=O)N2)N1CC=C(c2ccccc2)CC1. The number of hydrogen-bond acceptors (Lipinski definition) is 5. The van der Waals surface area contributed by atoms with Gasteiger partial charge in [0, 0.05) is 57.1 Å². The Morgan fingerprint density at radius 3 is 2.71 bits per heavy atom. The van der Waals surface area contributed by atoms with E-state index in [1.807, 2.05) is 34.1 Å². The van der Waals surface area contributed by atoms with Crippen LogP contribution in [0.25, 0.3) is 11.6 Å². The van der Waals surface area contributed by atoms with Crippen molar-refractivity contribution in [3.63, 3.8) is 0 Å². The Labute approximate surface area is 205 Å². The van der Waals surface area contributed by atoms with Crippen LogP contribution < -0.4 is 5.32 Å². The fraction of sp³-hybridized carbons (Fsp3) is 0.370. The highest BCUT2D eigenvalue weighted by Crippen LogP contribution is 2.24. The molecule has 0 bridgehead atoms. The Bertz CT molecular complexity index is 1120. The average molecular weight is 474 g/mol. The van der Waals surface area contributed by atoms with Gasteiger partial charge >= 0.3 is 6.03 Å². The first-order chi connectivity index (χ1) is 17.2. The van der Waals surface area contributed by atoms with Crippen LogP contribution in [0.15, 0.2) is 54.7 Å². The number of fused-ring (bicyclic) bond motifs is 1. The zero-order chi connectivity index (χ0) is 24.0. The lowest BCUT2D eigenvalue weighted by Gasteiger charge is -2.32. The summed E-state index contributed by atoms with van der Waals surface area (Å²) in [7, 11) is 0. The molecule has 35 heavy (non-hydrogen) atoms. The fourth-order valence-corrected chi connectivity index (χ4v) is 4.63. The Balaban J connectivity index is 1.18. The van der Waals surface area contributed by atoms with Gasteiger partial charge in [-0.3, -0.25) is 15.0 Å². The van der Waals surface area contributed by atoms with Crippen molar-refractivity contribution in [1.29, 1.82) is 0 Å². The van der Waals surface area contributed by atoms with Crippen molar-refractivity contribution < 1.29 is 14.3 Å². The van der Waals surface area contributed by atoms with Crippen LogP contribution in [-0.2, 0) is 16.1 Å². The number of morpholine rings is 1. The molecule has 2 aromatic rings. The van der Waals surface area contributed by atoms with Crippen LogP contribution in [0.5, 0.6) is 0 Å². The number of anilines is 1. The van der Waals surface area contributed by atoms with E-state index in [-0.39, 0.29) is 11.9 Å². The minimum absolute atomic E-state index is 0.00785. The topological polar surface area (TPSA) is 78.0 Å². The van der Waals surface area contributed by atoms with Gasteiger partial charge in [0.05, 0.1) is 19.8 Å². The van der Waals surface area contributed by atoms with Gasteiger partial charge in [0.15, 0.2) is 0 Å². The van der Waals surface area contributed by atoms with E-state index in [1.54, 1.807) is 18.3 Å². The zero-order valence-electron chi connectivity index (χ0n) is 19.9. The second-order valence-corrected chi connectivity index (χ2v) is 9.05. The van der Waals surface area contributed by atoms with Gasteiger partial charge in [-0.1, -0.05) is 36.4 Å². The lowest BCUT2D eigenvalue weighted by atomic mass is 9.99. The summed E-state index contributed by atoms with van der Waals surface area (Å²) >= 11 is 0. The Hall–Kier alpha value is -3.49. The van der Waals surface area contributed by atoms with Crippen molar-refractivity contribution in [1.82, 2.24) is 19.7 Å². The number of benzene rings is 1. The molecule has 0 aliphatic carbocycles. The Kier molecular flexibility index (Phi) is 7.20. The molecule has 3 amide bonds. The van der Waals surface area contributed by atoms with Crippen molar-refractivity contribution in [2.24, 2.45) is 0 Å². The van der Waals surface area contributed by atoms with Gasteiger partial charge in [-0.05, 0) is 35.3 Å². The number of aromatic nitrogens is 1. The monoisotopic (exact) mass is 473 g/mol. The number of hydrogen-bond donors (Lipinski definition) is 1. The number of amides is 3. The van der Waals surface area contributed by atoms with Crippen LogP contribution in [-0.4, -0.2) is 84.1 Å². The van der Waals surface area contributed by atoms with E-state index in [9.17, 15) is 9.59 Å². The molecular formula is C27H31N5O3. The van der Waals surface area contributed by atoms with E-state index in [2.05, 4.69) is 33.4 Å². The van der Waals surface area contributed by atoms with Gasteiger partial charge in [-0.15, -0.1) is 0 Å². The number of nitrogens with one attached hydrogen (secondary N) is 1. The molecule has 3 aliphatic rings. The minimum atomic E-state index is -0.121. The van der Waals surface area contributed by atoms with Crippen LogP contribution >= 0.6 is 0 Å². The van der Waals surface area contributed by atoms with Gasteiger partial charge in [-0.2, -0.15) is 0 Å². The summed E-state index contributed by atoms with van der Waals surface area (Å²) in [6, 6.07) is 12.2. The van der Waals surface area contributed by atoms with E-state index in [1.165, 1.54) is 11.1 Å². The summed E-state index contributed by atoms with van der Waals surface area (Å²) in [5.41, 5.74) is 4.31. The van der Waals surface area contributed by atoms with Crippen LogP contribution in [0.4, 0.5) is 10.6 Å². The highest BCUT2D eigenvalue weighted by molar-refractivity contribution is 5.93. The summed E-state index contributed by atoms with van der Waals surface area (Å²) in [4.78, 5) is 35.6. The highest BCUT2D eigenvalue weighted by Gasteiger charge is 2.24. The summed E-state index contributed by atoms with van der Waals surface area (Å²) in [6.45, 7) is 6.59. The molecule has 3 aliphatic heterocycles. The highest BCUT2D eigenvalue weighted by atomic mass is 16.5. The molecule has 1 fully saturated rings. The minimum Gasteiger partial charge on any atom is -0.379 e. The average Bonchev–Trinajstić information content (AvgIpc) is 2.92. The van der Waals surface area contributed by atoms with Crippen molar-refractivity contribution in [3.05, 3.63) is 71.4 Å². The largest absolute Gasteiger partial charge is 0.379 e.